The van der Waals surface area contributed by atoms with Crippen LogP contribution >= 0.6 is 11.8 Å². The van der Waals surface area contributed by atoms with E-state index < -0.39 is 22.2 Å². The molecule has 0 aromatic rings. The molecule has 8 heteroatoms. The zero-order valence-electron chi connectivity index (χ0n) is 7.92. The van der Waals surface area contributed by atoms with E-state index in [1.807, 2.05) is 0 Å². The summed E-state index contributed by atoms with van der Waals surface area (Å²) in [6, 6.07) is -0.915. The second-order valence-corrected chi connectivity index (χ2v) is 6.29. The van der Waals surface area contributed by atoms with Crippen molar-refractivity contribution < 1.29 is 18.3 Å². The van der Waals surface area contributed by atoms with Crippen LogP contribution in [-0.4, -0.2) is 47.5 Å². The van der Waals surface area contributed by atoms with E-state index in [4.69, 9.17) is 5.11 Å². The number of thioether (sulfide) groups is 1. The minimum Gasteiger partial charge on any atom is -0.480 e. The summed E-state index contributed by atoms with van der Waals surface area (Å²) in [6.07, 6.45) is 1.69. The van der Waals surface area contributed by atoms with Crippen LogP contribution in [0, 0.1) is 0 Å². The van der Waals surface area contributed by atoms with Crippen molar-refractivity contribution >= 4 is 27.9 Å². The van der Waals surface area contributed by atoms with Crippen molar-refractivity contribution in [2.75, 3.05) is 11.6 Å². The first kappa shape index (κ1) is 11.2. The Balaban J connectivity index is 2.10. The van der Waals surface area contributed by atoms with Crippen molar-refractivity contribution in [1.29, 1.82) is 0 Å². The summed E-state index contributed by atoms with van der Waals surface area (Å²) in [5, 5.41) is 8.85. The third-order valence-corrected chi connectivity index (χ3v) is 5.14. The molecule has 1 saturated carbocycles. The van der Waals surface area contributed by atoms with Gasteiger partial charge in [-0.25, -0.2) is 0 Å². The molecule has 15 heavy (non-hydrogen) atoms. The zero-order chi connectivity index (χ0) is 11.1. The molecule has 2 N–H and O–H groups in total. The van der Waals surface area contributed by atoms with Gasteiger partial charge in [-0.3, -0.25) is 4.79 Å². The van der Waals surface area contributed by atoms with E-state index in [2.05, 4.69) is 4.72 Å². The van der Waals surface area contributed by atoms with Crippen molar-refractivity contribution in [2.45, 2.75) is 24.9 Å². The average Bonchev–Trinajstić information content (AvgIpc) is 2.80. The largest absolute Gasteiger partial charge is 0.480 e. The van der Waals surface area contributed by atoms with Crippen LogP contribution in [0.3, 0.4) is 0 Å². The van der Waals surface area contributed by atoms with E-state index in [0.29, 0.717) is 5.75 Å². The van der Waals surface area contributed by atoms with Crippen LogP contribution in [-0.2, 0) is 15.0 Å². The first-order chi connectivity index (χ1) is 7.00. The third kappa shape index (κ3) is 2.44. The highest BCUT2D eigenvalue weighted by Crippen LogP contribution is 2.26. The molecular weight excluding hydrogens is 240 g/mol. The van der Waals surface area contributed by atoms with Crippen LogP contribution in [0.1, 0.15) is 12.8 Å². The summed E-state index contributed by atoms with van der Waals surface area (Å²) in [5.41, 5.74) is 0. The molecule has 1 saturated heterocycles. The number of carboxylic acid groups (broad SMARTS) is 1. The van der Waals surface area contributed by atoms with Crippen LogP contribution in [0.15, 0.2) is 0 Å². The first-order valence-corrected chi connectivity index (χ1v) is 7.20. The standard InChI is InChI=1S/C7H12N2O4S2/c10-7(11)6-3-14-4-9(6)15(12,13)8-5-1-2-5/h5-6,8H,1-4H2,(H,10,11). The van der Waals surface area contributed by atoms with E-state index in [1.165, 1.54) is 11.8 Å². The normalized spacial score (nSPS) is 28.1. The fraction of sp³-hybridized carbons (Fsp3) is 0.857. The Morgan fingerprint density at radius 2 is 2.13 bits per heavy atom. The smallest absolute Gasteiger partial charge is 0.322 e. The van der Waals surface area contributed by atoms with Gasteiger partial charge in [0.2, 0.25) is 0 Å². The van der Waals surface area contributed by atoms with E-state index in [0.717, 1.165) is 17.1 Å². The van der Waals surface area contributed by atoms with Crippen LogP contribution < -0.4 is 4.72 Å². The molecule has 0 bridgehead atoms. The number of hydrogen-bond acceptors (Lipinski definition) is 4. The molecule has 0 aromatic heterocycles. The highest BCUT2D eigenvalue weighted by Gasteiger charge is 2.41. The minimum absolute atomic E-state index is 0.00930. The molecule has 0 spiro atoms. The minimum atomic E-state index is -3.61. The fourth-order valence-corrected chi connectivity index (χ4v) is 4.51. The Morgan fingerprint density at radius 3 is 2.67 bits per heavy atom. The van der Waals surface area contributed by atoms with Gasteiger partial charge in [0.1, 0.15) is 6.04 Å². The third-order valence-electron chi connectivity index (χ3n) is 2.33. The number of aliphatic carboxylic acids is 1. The van der Waals surface area contributed by atoms with Gasteiger partial charge in [0.25, 0.3) is 10.2 Å². The fourth-order valence-electron chi connectivity index (χ4n) is 1.34. The van der Waals surface area contributed by atoms with Crippen LogP contribution in [0.4, 0.5) is 0 Å². The first-order valence-electron chi connectivity index (χ1n) is 4.60. The number of carboxylic acids is 1. The average molecular weight is 252 g/mol. The molecule has 0 aromatic carbocycles. The van der Waals surface area contributed by atoms with Gasteiger partial charge in [0, 0.05) is 11.8 Å². The van der Waals surface area contributed by atoms with Crippen molar-refractivity contribution in [3.05, 3.63) is 0 Å². The van der Waals surface area contributed by atoms with E-state index in [1.54, 1.807) is 0 Å². The molecule has 0 amide bonds. The molecule has 2 fully saturated rings. The molecule has 1 heterocycles. The summed E-state index contributed by atoms with van der Waals surface area (Å²) in [4.78, 5) is 10.8. The number of nitrogens with one attached hydrogen (secondary N) is 1. The van der Waals surface area contributed by atoms with Crippen molar-refractivity contribution in [1.82, 2.24) is 9.03 Å². The van der Waals surface area contributed by atoms with Gasteiger partial charge < -0.3 is 5.11 Å². The number of carbonyl (C=O) groups is 1. The molecule has 2 aliphatic rings. The van der Waals surface area contributed by atoms with Gasteiger partial charge >= 0.3 is 5.97 Å². The summed E-state index contributed by atoms with van der Waals surface area (Å²) in [7, 11) is -3.61. The maximum absolute atomic E-state index is 11.7. The van der Waals surface area contributed by atoms with Crippen molar-refractivity contribution in [2.24, 2.45) is 0 Å². The second-order valence-electron chi connectivity index (χ2n) is 3.64. The molecular formula is C7H12N2O4S2. The summed E-state index contributed by atoms with van der Waals surface area (Å²) in [6.45, 7) is 0. The van der Waals surface area contributed by atoms with Gasteiger partial charge in [-0.2, -0.15) is 17.4 Å². The highest BCUT2D eigenvalue weighted by atomic mass is 32.2. The van der Waals surface area contributed by atoms with Crippen molar-refractivity contribution in [3.63, 3.8) is 0 Å². The molecule has 1 aliphatic carbocycles. The van der Waals surface area contributed by atoms with E-state index in [-0.39, 0.29) is 11.9 Å². The predicted molar refractivity (Wildman–Crippen MR) is 55.7 cm³/mol. The van der Waals surface area contributed by atoms with Gasteiger partial charge in [-0.05, 0) is 12.8 Å². The van der Waals surface area contributed by atoms with Crippen LogP contribution in [0.2, 0.25) is 0 Å². The van der Waals surface area contributed by atoms with Gasteiger partial charge in [-0.15, -0.1) is 11.8 Å². The molecule has 0 radical (unpaired) electrons. The van der Waals surface area contributed by atoms with Gasteiger partial charge in [-0.1, -0.05) is 0 Å². The SMILES string of the molecule is O=C(O)C1CSCN1S(=O)(=O)NC1CC1. The Labute approximate surface area is 92.2 Å². The van der Waals surface area contributed by atoms with Crippen LogP contribution in [0.25, 0.3) is 0 Å². The summed E-state index contributed by atoms with van der Waals surface area (Å²) < 4.78 is 27.0. The lowest BCUT2D eigenvalue weighted by atomic mass is 10.4. The second kappa shape index (κ2) is 3.93. The molecule has 1 unspecified atom stereocenters. The Kier molecular flexibility index (Phi) is 2.93. The molecule has 1 aliphatic heterocycles. The zero-order valence-corrected chi connectivity index (χ0v) is 9.55. The molecule has 86 valence electrons. The molecule has 6 nitrogen and oxygen atoms in total. The number of rotatable bonds is 4. The summed E-state index contributed by atoms with van der Waals surface area (Å²) >= 11 is 1.32. The quantitative estimate of drug-likeness (QED) is 0.700. The maximum Gasteiger partial charge on any atom is 0.322 e. The number of nitrogens with zero attached hydrogens (tertiary/aromatic N) is 1. The van der Waals surface area contributed by atoms with Crippen LogP contribution in [0.5, 0.6) is 0 Å². The Bertz CT molecular complexity index is 365. The number of hydrogen-bond donors (Lipinski definition) is 2. The molecule has 1 atom stereocenters. The van der Waals surface area contributed by atoms with E-state index in [9.17, 15) is 13.2 Å². The highest BCUT2D eigenvalue weighted by molar-refractivity contribution is 8.00. The maximum atomic E-state index is 11.7. The monoisotopic (exact) mass is 252 g/mol. The van der Waals surface area contributed by atoms with Crippen molar-refractivity contribution in [3.8, 4) is 0 Å². The molecule has 2 rings (SSSR count). The lowest BCUT2D eigenvalue weighted by Crippen LogP contribution is -2.47. The predicted octanol–water partition coefficient (Wildman–Crippen LogP) is -0.557. The topological polar surface area (TPSA) is 86.7 Å². The lowest BCUT2D eigenvalue weighted by Gasteiger charge is -2.20. The Hall–Kier alpha value is -0.310. The van der Waals surface area contributed by atoms with Gasteiger partial charge in [0.05, 0.1) is 5.88 Å². The summed E-state index contributed by atoms with van der Waals surface area (Å²) in [5.74, 6) is -0.541. The van der Waals surface area contributed by atoms with Gasteiger partial charge in [0.15, 0.2) is 0 Å². The lowest BCUT2D eigenvalue weighted by molar-refractivity contribution is -0.140. The Morgan fingerprint density at radius 1 is 1.47 bits per heavy atom. The van der Waals surface area contributed by atoms with E-state index >= 15 is 0 Å².